The van der Waals surface area contributed by atoms with Gasteiger partial charge in [0.05, 0.1) is 12.7 Å². The Labute approximate surface area is 133 Å². The number of likely N-dealkylation sites (tertiary alicyclic amines) is 1. The number of benzene rings is 1. The van der Waals surface area contributed by atoms with Crippen LogP contribution in [0, 0.1) is 11.3 Å². The van der Waals surface area contributed by atoms with Crippen LogP contribution in [0.4, 0.5) is 0 Å². The van der Waals surface area contributed by atoms with E-state index in [0.717, 1.165) is 4.47 Å². The number of nitrogens with zero attached hydrogens (tertiary/aromatic N) is 1. The number of carbonyl (C=O) groups excluding carboxylic acids is 2. The maximum atomic E-state index is 12.6. The SMILES string of the molecule is COc1cc(Br)ccc1C(=O)N1CC(C(C)(C)C)CC1=O. The molecule has 4 nitrogen and oxygen atoms in total. The second-order valence-corrected chi connectivity index (χ2v) is 7.34. The Morgan fingerprint density at radius 2 is 2.05 bits per heavy atom. The summed E-state index contributed by atoms with van der Waals surface area (Å²) in [5, 5.41) is 0. The number of amides is 2. The first-order chi connectivity index (χ1) is 9.74. The van der Waals surface area contributed by atoms with Crippen LogP contribution in [-0.4, -0.2) is 30.4 Å². The van der Waals surface area contributed by atoms with Crippen LogP contribution < -0.4 is 4.74 Å². The van der Waals surface area contributed by atoms with Gasteiger partial charge in [0.15, 0.2) is 0 Å². The molecule has 0 aromatic heterocycles. The average molecular weight is 354 g/mol. The fourth-order valence-corrected chi connectivity index (χ4v) is 2.81. The minimum absolute atomic E-state index is 0.00842. The molecular formula is C16H20BrNO3. The fraction of sp³-hybridized carbons (Fsp3) is 0.500. The Balaban J connectivity index is 2.27. The highest BCUT2D eigenvalue weighted by Gasteiger charge is 2.40. The summed E-state index contributed by atoms with van der Waals surface area (Å²) in [5.74, 6) is 0.276. The smallest absolute Gasteiger partial charge is 0.264 e. The van der Waals surface area contributed by atoms with Crippen molar-refractivity contribution in [1.29, 1.82) is 0 Å². The van der Waals surface area contributed by atoms with Crippen LogP contribution in [0.15, 0.2) is 22.7 Å². The van der Waals surface area contributed by atoms with Gasteiger partial charge in [-0.1, -0.05) is 36.7 Å². The normalized spacial score (nSPS) is 19.0. The van der Waals surface area contributed by atoms with Crippen molar-refractivity contribution in [2.75, 3.05) is 13.7 Å². The van der Waals surface area contributed by atoms with Crippen molar-refractivity contribution in [3.8, 4) is 5.75 Å². The van der Waals surface area contributed by atoms with Crippen molar-refractivity contribution in [3.05, 3.63) is 28.2 Å². The quantitative estimate of drug-likeness (QED) is 0.764. The molecule has 0 aliphatic carbocycles. The number of methoxy groups -OCH3 is 1. The third-order valence-corrected chi connectivity index (χ3v) is 4.48. The van der Waals surface area contributed by atoms with Crippen molar-refractivity contribution in [1.82, 2.24) is 4.90 Å². The molecule has 0 spiro atoms. The summed E-state index contributed by atoms with van der Waals surface area (Å²) >= 11 is 3.35. The van der Waals surface area contributed by atoms with Gasteiger partial charge in [0, 0.05) is 17.4 Å². The van der Waals surface area contributed by atoms with Gasteiger partial charge >= 0.3 is 0 Å². The molecule has 1 saturated heterocycles. The molecule has 1 unspecified atom stereocenters. The number of hydrogen-bond acceptors (Lipinski definition) is 3. The van der Waals surface area contributed by atoms with E-state index in [1.807, 2.05) is 0 Å². The van der Waals surface area contributed by atoms with Crippen LogP contribution in [0.5, 0.6) is 5.75 Å². The van der Waals surface area contributed by atoms with E-state index < -0.39 is 0 Å². The summed E-state index contributed by atoms with van der Waals surface area (Å²) in [5.41, 5.74) is 0.428. The van der Waals surface area contributed by atoms with E-state index in [4.69, 9.17) is 4.74 Å². The van der Waals surface area contributed by atoms with Crippen LogP contribution in [-0.2, 0) is 4.79 Å². The van der Waals surface area contributed by atoms with Crippen LogP contribution >= 0.6 is 15.9 Å². The maximum Gasteiger partial charge on any atom is 0.264 e. The molecule has 2 amide bonds. The van der Waals surface area contributed by atoms with E-state index in [1.165, 1.54) is 12.0 Å². The average Bonchev–Trinajstić information content (AvgIpc) is 2.80. The van der Waals surface area contributed by atoms with Gasteiger partial charge in [0.25, 0.3) is 5.91 Å². The number of rotatable bonds is 2. The first-order valence-electron chi connectivity index (χ1n) is 6.92. The van der Waals surface area contributed by atoms with Crippen LogP contribution in [0.3, 0.4) is 0 Å². The standard InChI is InChI=1S/C16H20BrNO3/c1-16(2,3)10-7-14(19)18(9-10)15(20)12-6-5-11(17)8-13(12)21-4/h5-6,8,10H,7,9H2,1-4H3. The van der Waals surface area contributed by atoms with Crippen molar-refractivity contribution in [2.24, 2.45) is 11.3 Å². The number of carbonyl (C=O) groups is 2. The van der Waals surface area contributed by atoms with Gasteiger partial charge in [-0.05, 0) is 29.5 Å². The number of imide groups is 1. The predicted molar refractivity (Wildman–Crippen MR) is 84.3 cm³/mol. The second kappa shape index (κ2) is 5.79. The van der Waals surface area contributed by atoms with E-state index >= 15 is 0 Å². The predicted octanol–water partition coefficient (Wildman–Crippen LogP) is 3.49. The molecule has 21 heavy (non-hydrogen) atoms. The highest BCUT2D eigenvalue weighted by molar-refractivity contribution is 9.10. The second-order valence-electron chi connectivity index (χ2n) is 6.42. The molecule has 0 saturated carbocycles. The lowest BCUT2D eigenvalue weighted by Gasteiger charge is -2.26. The largest absolute Gasteiger partial charge is 0.496 e. The molecule has 0 radical (unpaired) electrons. The third-order valence-electron chi connectivity index (χ3n) is 3.99. The van der Waals surface area contributed by atoms with Crippen molar-refractivity contribution >= 4 is 27.7 Å². The van der Waals surface area contributed by atoms with Gasteiger partial charge in [0.1, 0.15) is 5.75 Å². The lowest BCUT2D eigenvalue weighted by molar-refractivity contribution is -0.125. The molecule has 1 aliphatic rings. The zero-order chi connectivity index (χ0) is 15.8. The minimum Gasteiger partial charge on any atom is -0.496 e. The number of hydrogen-bond donors (Lipinski definition) is 0. The highest BCUT2D eigenvalue weighted by Crippen LogP contribution is 2.35. The fourth-order valence-electron chi connectivity index (χ4n) is 2.47. The Hall–Kier alpha value is -1.36. The lowest BCUT2D eigenvalue weighted by Crippen LogP contribution is -2.33. The molecule has 1 aromatic carbocycles. The summed E-state index contributed by atoms with van der Waals surface area (Å²) in [6, 6.07) is 5.19. The van der Waals surface area contributed by atoms with Gasteiger partial charge in [-0.15, -0.1) is 0 Å². The molecule has 1 aromatic rings. The topological polar surface area (TPSA) is 46.6 Å². The van der Waals surface area contributed by atoms with Crippen molar-refractivity contribution in [3.63, 3.8) is 0 Å². The van der Waals surface area contributed by atoms with Crippen LogP contribution in [0.1, 0.15) is 37.6 Å². The molecule has 1 atom stereocenters. The third kappa shape index (κ3) is 3.28. The van der Waals surface area contributed by atoms with E-state index in [1.54, 1.807) is 18.2 Å². The first kappa shape index (κ1) is 16.0. The first-order valence-corrected chi connectivity index (χ1v) is 7.71. The molecule has 1 fully saturated rings. The minimum atomic E-state index is -0.281. The van der Waals surface area contributed by atoms with Crippen molar-refractivity contribution < 1.29 is 14.3 Å². The summed E-state index contributed by atoms with van der Waals surface area (Å²) in [4.78, 5) is 26.1. The molecule has 114 valence electrons. The molecular weight excluding hydrogens is 334 g/mol. The number of halogens is 1. The summed E-state index contributed by atoms with van der Waals surface area (Å²) < 4.78 is 6.08. The van der Waals surface area contributed by atoms with Gasteiger partial charge < -0.3 is 4.74 Å². The number of ether oxygens (including phenoxy) is 1. The molecule has 1 aliphatic heterocycles. The van der Waals surface area contributed by atoms with E-state index in [2.05, 4.69) is 36.7 Å². The van der Waals surface area contributed by atoms with E-state index in [9.17, 15) is 9.59 Å². The molecule has 1 heterocycles. The van der Waals surface area contributed by atoms with Gasteiger partial charge in [-0.2, -0.15) is 0 Å². The van der Waals surface area contributed by atoms with E-state index in [-0.39, 0.29) is 23.1 Å². The van der Waals surface area contributed by atoms with Crippen LogP contribution in [0.2, 0.25) is 0 Å². The lowest BCUT2D eigenvalue weighted by atomic mass is 9.80. The zero-order valence-corrected chi connectivity index (χ0v) is 14.4. The van der Waals surface area contributed by atoms with Gasteiger partial charge in [-0.3, -0.25) is 14.5 Å². The Morgan fingerprint density at radius 3 is 2.57 bits per heavy atom. The molecule has 0 bridgehead atoms. The Morgan fingerprint density at radius 1 is 1.38 bits per heavy atom. The monoisotopic (exact) mass is 353 g/mol. The zero-order valence-electron chi connectivity index (χ0n) is 12.8. The summed E-state index contributed by atoms with van der Waals surface area (Å²) in [7, 11) is 1.52. The summed E-state index contributed by atoms with van der Waals surface area (Å²) in [6.45, 7) is 6.76. The van der Waals surface area contributed by atoms with Crippen molar-refractivity contribution in [2.45, 2.75) is 27.2 Å². The van der Waals surface area contributed by atoms with Gasteiger partial charge in [0.2, 0.25) is 5.91 Å². The highest BCUT2D eigenvalue weighted by atomic mass is 79.9. The Kier molecular flexibility index (Phi) is 4.42. The molecule has 5 heteroatoms. The van der Waals surface area contributed by atoms with E-state index in [0.29, 0.717) is 24.3 Å². The molecule has 0 N–H and O–H groups in total. The molecule has 2 rings (SSSR count). The maximum absolute atomic E-state index is 12.6. The van der Waals surface area contributed by atoms with Gasteiger partial charge in [-0.25, -0.2) is 0 Å². The summed E-state index contributed by atoms with van der Waals surface area (Å²) in [6.07, 6.45) is 0.425. The Bertz CT molecular complexity index is 577. The van der Waals surface area contributed by atoms with Crippen LogP contribution in [0.25, 0.3) is 0 Å².